The number of benzene rings is 3. The van der Waals surface area contributed by atoms with E-state index in [9.17, 15) is 13.2 Å². The van der Waals surface area contributed by atoms with E-state index in [2.05, 4.69) is 24.0 Å². The second-order valence-electron chi connectivity index (χ2n) is 9.97. The number of halogens is 2. The van der Waals surface area contributed by atoms with Crippen LogP contribution in [0.25, 0.3) is 0 Å². The molecule has 0 aliphatic carbocycles. The van der Waals surface area contributed by atoms with Crippen molar-refractivity contribution in [2.24, 2.45) is 5.92 Å². The predicted molar refractivity (Wildman–Crippen MR) is 152 cm³/mol. The molecule has 2 aliphatic rings. The minimum Gasteiger partial charge on any atom is -0.368 e. The molecular weight excluding hydrogens is 541 g/mol. The lowest BCUT2D eigenvalue weighted by atomic mass is 9.78. The fourth-order valence-corrected chi connectivity index (χ4v) is 7.52. The normalized spacial score (nSPS) is 20.9. The molecule has 2 heterocycles. The lowest BCUT2D eigenvalue weighted by Gasteiger charge is -2.42. The van der Waals surface area contributed by atoms with E-state index < -0.39 is 15.9 Å². The number of amides is 1. The number of piperidine rings is 1. The van der Waals surface area contributed by atoms with E-state index in [0.29, 0.717) is 49.2 Å². The maximum atomic E-state index is 14.0. The third-order valence-electron chi connectivity index (χ3n) is 7.70. The van der Waals surface area contributed by atoms with Gasteiger partial charge in [-0.25, -0.2) is 8.42 Å². The van der Waals surface area contributed by atoms with Gasteiger partial charge in [-0.3, -0.25) is 4.79 Å². The molecule has 2 fully saturated rings. The monoisotopic (exact) mass is 571 g/mol. The number of hydrogen-bond acceptors (Lipinski definition) is 4. The molecular formula is C29H31Cl2N3O3S. The summed E-state index contributed by atoms with van der Waals surface area (Å²) in [6.07, 6.45) is 0.575. The van der Waals surface area contributed by atoms with E-state index in [1.54, 1.807) is 18.2 Å². The van der Waals surface area contributed by atoms with E-state index in [-0.39, 0.29) is 23.3 Å². The van der Waals surface area contributed by atoms with Crippen molar-refractivity contribution in [2.45, 2.75) is 24.2 Å². The van der Waals surface area contributed by atoms with Crippen molar-refractivity contribution in [3.63, 3.8) is 0 Å². The van der Waals surface area contributed by atoms with Crippen LogP contribution < -0.4 is 4.90 Å². The van der Waals surface area contributed by atoms with Crippen LogP contribution in [0, 0.1) is 12.8 Å². The molecule has 38 heavy (non-hydrogen) atoms. The number of carbonyl (C=O) groups is 1. The first-order chi connectivity index (χ1) is 18.2. The molecule has 3 aromatic rings. The molecule has 200 valence electrons. The van der Waals surface area contributed by atoms with Crippen molar-refractivity contribution in [2.75, 3.05) is 44.2 Å². The first-order valence-electron chi connectivity index (χ1n) is 12.8. The average molecular weight is 573 g/mol. The zero-order valence-electron chi connectivity index (χ0n) is 21.3. The quantitative estimate of drug-likeness (QED) is 0.409. The second kappa shape index (κ2) is 11.3. The largest absolute Gasteiger partial charge is 0.368 e. The van der Waals surface area contributed by atoms with Gasteiger partial charge in [-0.1, -0.05) is 53.5 Å². The molecule has 2 atom stereocenters. The van der Waals surface area contributed by atoms with Crippen LogP contribution in [0.15, 0.2) is 77.7 Å². The summed E-state index contributed by atoms with van der Waals surface area (Å²) in [4.78, 5) is 18.3. The molecule has 5 rings (SSSR count). The van der Waals surface area contributed by atoms with Crippen molar-refractivity contribution < 1.29 is 13.2 Å². The van der Waals surface area contributed by atoms with Gasteiger partial charge >= 0.3 is 0 Å². The number of sulfonamides is 1. The van der Waals surface area contributed by atoms with Gasteiger partial charge in [-0.05, 0) is 72.9 Å². The standard InChI is InChI=1S/C29H31Cl2N3O3S/c1-21-5-2-3-8-26(21)27-13-14-34(38(36,37)25-7-4-6-23(31)19-25)20-28(27)29(35)33-17-15-32(16-18-33)24-11-9-22(30)10-12-24/h2-12,19,27-28H,13-18,20H2,1H3/t27-,28-/m1/s1. The molecule has 0 aromatic heterocycles. The number of anilines is 1. The zero-order valence-corrected chi connectivity index (χ0v) is 23.6. The smallest absolute Gasteiger partial charge is 0.243 e. The highest BCUT2D eigenvalue weighted by molar-refractivity contribution is 7.89. The molecule has 9 heteroatoms. The Kier molecular flexibility index (Phi) is 8.00. The van der Waals surface area contributed by atoms with Crippen molar-refractivity contribution in [1.29, 1.82) is 0 Å². The Balaban J connectivity index is 1.38. The second-order valence-corrected chi connectivity index (χ2v) is 12.8. The highest BCUT2D eigenvalue weighted by Gasteiger charge is 2.42. The van der Waals surface area contributed by atoms with Crippen LogP contribution in [-0.4, -0.2) is 62.8 Å². The third-order valence-corrected chi connectivity index (χ3v) is 10.0. The summed E-state index contributed by atoms with van der Waals surface area (Å²) >= 11 is 12.1. The summed E-state index contributed by atoms with van der Waals surface area (Å²) in [5, 5.41) is 1.06. The molecule has 2 saturated heterocycles. The Hall–Kier alpha value is -2.58. The maximum Gasteiger partial charge on any atom is 0.243 e. The lowest BCUT2D eigenvalue weighted by Crippen LogP contribution is -2.54. The van der Waals surface area contributed by atoms with Gasteiger partial charge in [0.2, 0.25) is 15.9 Å². The fraction of sp³-hybridized carbons (Fsp3) is 0.345. The molecule has 3 aromatic carbocycles. The first-order valence-corrected chi connectivity index (χ1v) is 15.0. The molecule has 0 unspecified atom stereocenters. The zero-order chi connectivity index (χ0) is 26.9. The maximum absolute atomic E-state index is 14.0. The minimum atomic E-state index is -3.79. The van der Waals surface area contributed by atoms with Crippen LogP contribution in [-0.2, 0) is 14.8 Å². The van der Waals surface area contributed by atoms with Gasteiger partial charge in [0, 0.05) is 55.0 Å². The van der Waals surface area contributed by atoms with Gasteiger partial charge in [0.05, 0.1) is 10.8 Å². The van der Waals surface area contributed by atoms with Crippen LogP contribution in [0.4, 0.5) is 5.69 Å². The van der Waals surface area contributed by atoms with Gasteiger partial charge < -0.3 is 9.80 Å². The molecule has 0 saturated carbocycles. The van der Waals surface area contributed by atoms with Gasteiger partial charge in [0.1, 0.15) is 0 Å². The molecule has 6 nitrogen and oxygen atoms in total. The summed E-state index contributed by atoms with van der Waals surface area (Å²) in [5.74, 6) is -0.510. The van der Waals surface area contributed by atoms with Gasteiger partial charge in [-0.2, -0.15) is 4.31 Å². The summed E-state index contributed by atoms with van der Waals surface area (Å²) in [6.45, 7) is 5.13. The Morgan fingerprint density at radius 2 is 1.55 bits per heavy atom. The van der Waals surface area contributed by atoms with E-state index >= 15 is 0 Å². The first kappa shape index (κ1) is 27.0. The highest BCUT2D eigenvalue weighted by atomic mass is 35.5. The van der Waals surface area contributed by atoms with Crippen LogP contribution >= 0.6 is 23.2 Å². The van der Waals surface area contributed by atoms with E-state index in [0.717, 1.165) is 16.8 Å². The molecule has 0 bridgehead atoms. The van der Waals surface area contributed by atoms with Crippen LogP contribution in [0.2, 0.25) is 10.0 Å². The number of aryl methyl sites for hydroxylation is 1. The van der Waals surface area contributed by atoms with Crippen LogP contribution in [0.5, 0.6) is 0 Å². The average Bonchev–Trinajstić information content (AvgIpc) is 2.93. The number of rotatable bonds is 5. The Morgan fingerprint density at radius 3 is 2.24 bits per heavy atom. The summed E-state index contributed by atoms with van der Waals surface area (Å²) < 4.78 is 28.5. The van der Waals surface area contributed by atoms with E-state index in [4.69, 9.17) is 23.2 Å². The Bertz CT molecular complexity index is 1410. The SMILES string of the molecule is Cc1ccccc1[C@H]1CCN(S(=O)(=O)c2cccc(Cl)c2)C[C@H]1C(=O)N1CCN(c2ccc(Cl)cc2)CC1. The summed E-state index contributed by atoms with van der Waals surface area (Å²) in [5.41, 5.74) is 3.32. The van der Waals surface area contributed by atoms with Gasteiger partial charge in [0.15, 0.2) is 0 Å². The van der Waals surface area contributed by atoms with Crippen molar-refractivity contribution in [3.05, 3.63) is 94.0 Å². The fourth-order valence-electron chi connectivity index (χ4n) is 5.61. The number of hydrogen-bond donors (Lipinski definition) is 0. The molecule has 0 radical (unpaired) electrons. The lowest BCUT2D eigenvalue weighted by molar-refractivity contribution is -0.137. The minimum absolute atomic E-state index is 0.0139. The molecule has 1 amide bonds. The third kappa shape index (κ3) is 5.57. The topological polar surface area (TPSA) is 60.9 Å². The van der Waals surface area contributed by atoms with Crippen LogP contribution in [0.1, 0.15) is 23.5 Å². The number of carbonyl (C=O) groups excluding carboxylic acids is 1. The Labute approximate surface area is 234 Å². The molecule has 0 N–H and O–H groups in total. The Morgan fingerprint density at radius 1 is 0.842 bits per heavy atom. The summed E-state index contributed by atoms with van der Waals surface area (Å²) in [6, 6.07) is 22.2. The molecule has 2 aliphatic heterocycles. The predicted octanol–water partition coefficient (Wildman–Crippen LogP) is 5.45. The van der Waals surface area contributed by atoms with Gasteiger partial charge in [-0.15, -0.1) is 0 Å². The number of piperazine rings is 1. The molecule has 0 spiro atoms. The highest BCUT2D eigenvalue weighted by Crippen LogP contribution is 2.38. The van der Waals surface area contributed by atoms with Crippen LogP contribution in [0.3, 0.4) is 0 Å². The van der Waals surface area contributed by atoms with E-state index in [1.807, 2.05) is 41.3 Å². The van der Waals surface area contributed by atoms with E-state index in [1.165, 1.54) is 10.4 Å². The number of nitrogens with zero attached hydrogens (tertiary/aromatic N) is 3. The van der Waals surface area contributed by atoms with Crippen molar-refractivity contribution in [3.8, 4) is 0 Å². The van der Waals surface area contributed by atoms with Gasteiger partial charge in [0.25, 0.3) is 0 Å². The summed E-state index contributed by atoms with van der Waals surface area (Å²) in [7, 11) is -3.79. The van der Waals surface area contributed by atoms with Crippen molar-refractivity contribution in [1.82, 2.24) is 9.21 Å². The van der Waals surface area contributed by atoms with Crippen molar-refractivity contribution >= 4 is 44.8 Å².